The number of carbonyl (C=O) groups is 2. The van der Waals surface area contributed by atoms with Gasteiger partial charge >= 0.3 is 5.97 Å². The first-order valence-corrected chi connectivity index (χ1v) is 5.41. The molecular weight excluding hydrogens is 216 g/mol. The number of amides is 1. The molecule has 0 aromatic carbocycles. The highest BCUT2D eigenvalue weighted by Crippen LogP contribution is 2.31. The Labute approximate surface area is 90.1 Å². The molecule has 1 aliphatic rings. The van der Waals surface area contributed by atoms with E-state index in [4.69, 9.17) is 5.11 Å². The maximum Gasteiger partial charge on any atom is 0.355 e. The van der Waals surface area contributed by atoms with Crippen molar-refractivity contribution in [3.63, 3.8) is 0 Å². The SMILES string of the molecule is Cc1sc(NC(=O)C2CC2)nc1C(=O)O. The summed E-state index contributed by atoms with van der Waals surface area (Å²) in [5.41, 5.74) is 0.0195. The summed E-state index contributed by atoms with van der Waals surface area (Å²) < 4.78 is 0. The van der Waals surface area contributed by atoms with E-state index >= 15 is 0 Å². The molecule has 1 heterocycles. The smallest absolute Gasteiger partial charge is 0.355 e. The summed E-state index contributed by atoms with van der Waals surface area (Å²) in [6.45, 7) is 1.67. The molecule has 0 radical (unpaired) electrons. The van der Waals surface area contributed by atoms with Crippen LogP contribution < -0.4 is 5.32 Å². The number of aryl methyl sites for hydroxylation is 1. The maximum absolute atomic E-state index is 11.4. The van der Waals surface area contributed by atoms with E-state index in [0.29, 0.717) is 10.0 Å². The molecule has 1 fully saturated rings. The van der Waals surface area contributed by atoms with Gasteiger partial charge in [0.15, 0.2) is 10.8 Å². The summed E-state index contributed by atoms with van der Waals surface area (Å²) in [6, 6.07) is 0. The van der Waals surface area contributed by atoms with Crippen molar-refractivity contribution in [1.82, 2.24) is 4.98 Å². The third-order valence-electron chi connectivity index (χ3n) is 2.18. The van der Waals surface area contributed by atoms with Crippen LogP contribution >= 0.6 is 11.3 Å². The molecule has 0 spiro atoms. The van der Waals surface area contributed by atoms with E-state index in [-0.39, 0.29) is 17.5 Å². The predicted octanol–water partition coefficient (Wildman–Crippen LogP) is 1.50. The van der Waals surface area contributed by atoms with Crippen LogP contribution in [-0.4, -0.2) is 22.0 Å². The highest BCUT2D eigenvalue weighted by molar-refractivity contribution is 7.16. The topological polar surface area (TPSA) is 79.3 Å². The zero-order valence-corrected chi connectivity index (χ0v) is 8.93. The van der Waals surface area contributed by atoms with E-state index in [9.17, 15) is 9.59 Å². The van der Waals surface area contributed by atoms with Gasteiger partial charge in [0.25, 0.3) is 0 Å². The molecule has 0 aliphatic heterocycles. The minimum absolute atomic E-state index is 0.0195. The number of nitrogens with zero attached hydrogens (tertiary/aromatic N) is 1. The predicted molar refractivity (Wildman–Crippen MR) is 55.2 cm³/mol. The number of carboxylic acids is 1. The lowest BCUT2D eigenvalue weighted by Gasteiger charge is -1.96. The Balaban J connectivity index is 2.11. The number of hydrogen-bond acceptors (Lipinski definition) is 4. The Bertz CT molecular complexity index is 423. The number of anilines is 1. The van der Waals surface area contributed by atoms with Gasteiger partial charge in [-0.1, -0.05) is 0 Å². The highest BCUT2D eigenvalue weighted by atomic mass is 32.1. The van der Waals surface area contributed by atoms with Crippen molar-refractivity contribution in [3.8, 4) is 0 Å². The summed E-state index contributed by atoms with van der Waals surface area (Å²) in [7, 11) is 0. The van der Waals surface area contributed by atoms with Crippen molar-refractivity contribution in [3.05, 3.63) is 10.6 Å². The molecule has 1 aromatic rings. The van der Waals surface area contributed by atoms with Crippen LogP contribution in [0, 0.1) is 12.8 Å². The van der Waals surface area contributed by atoms with Crippen molar-refractivity contribution < 1.29 is 14.7 Å². The molecule has 0 atom stereocenters. The molecule has 2 rings (SSSR count). The maximum atomic E-state index is 11.4. The second kappa shape index (κ2) is 3.62. The Morgan fingerprint density at radius 3 is 2.67 bits per heavy atom. The van der Waals surface area contributed by atoms with Gasteiger partial charge in [0, 0.05) is 10.8 Å². The molecule has 1 aromatic heterocycles. The summed E-state index contributed by atoms with van der Waals surface area (Å²) in [4.78, 5) is 26.5. The number of rotatable bonds is 3. The molecule has 1 saturated carbocycles. The van der Waals surface area contributed by atoms with Crippen molar-refractivity contribution in [1.29, 1.82) is 0 Å². The Hall–Kier alpha value is -1.43. The Morgan fingerprint density at radius 1 is 1.53 bits per heavy atom. The molecule has 0 unspecified atom stereocenters. The third kappa shape index (κ3) is 2.15. The second-order valence-electron chi connectivity index (χ2n) is 3.49. The molecule has 5 nitrogen and oxygen atoms in total. The monoisotopic (exact) mass is 226 g/mol. The average Bonchev–Trinajstić information content (AvgIpc) is 2.91. The van der Waals surface area contributed by atoms with Crippen LogP contribution in [0.15, 0.2) is 0 Å². The largest absolute Gasteiger partial charge is 0.476 e. The van der Waals surface area contributed by atoms with Crippen molar-refractivity contribution >= 4 is 28.3 Å². The van der Waals surface area contributed by atoms with Crippen LogP contribution in [0.2, 0.25) is 0 Å². The minimum atomic E-state index is -1.06. The van der Waals surface area contributed by atoms with Crippen molar-refractivity contribution in [2.45, 2.75) is 19.8 Å². The molecule has 0 bridgehead atoms. The van der Waals surface area contributed by atoms with E-state index in [2.05, 4.69) is 10.3 Å². The number of aromatic carboxylic acids is 1. The van der Waals surface area contributed by atoms with Gasteiger partial charge in [0.2, 0.25) is 5.91 Å². The molecule has 1 aliphatic carbocycles. The van der Waals surface area contributed by atoms with Gasteiger partial charge < -0.3 is 10.4 Å². The van der Waals surface area contributed by atoms with Crippen molar-refractivity contribution in [2.24, 2.45) is 5.92 Å². The van der Waals surface area contributed by atoms with Crippen LogP contribution in [0.25, 0.3) is 0 Å². The first-order chi connectivity index (χ1) is 7.08. The summed E-state index contributed by atoms with van der Waals surface area (Å²) in [5.74, 6) is -1.01. The number of carbonyl (C=O) groups excluding carboxylic acids is 1. The highest BCUT2D eigenvalue weighted by Gasteiger charge is 2.30. The molecule has 2 N–H and O–H groups in total. The number of thiazole rings is 1. The van der Waals surface area contributed by atoms with E-state index in [1.54, 1.807) is 6.92 Å². The second-order valence-corrected chi connectivity index (χ2v) is 4.70. The summed E-state index contributed by atoms with van der Waals surface area (Å²) in [6.07, 6.45) is 1.84. The normalized spacial score (nSPS) is 15.0. The quantitative estimate of drug-likeness (QED) is 0.818. The molecule has 15 heavy (non-hydrogen) atoms. The fraction of sp³-hybridized carbons (Fsp3) is 0.444. The number of hydrogen-bond donors (Lipinski definition) is 2. The van der Waals surface area contributed by atoms with E-state index in [1.165, 1.54) is 11.3 Å². The average molecular weight is 226 g/mol. The van der Waals surface area contributed by atoms with Crippen molar-refractivity contribution in [2.75, 3.05) is 5.32 Å². The standard InChI is InChI=1S/C9H10N2O3S/c1-4-6(8(13)14)10-9(15-4)11-7(12)5-2-3-5/h5H,2-3H2,1H3,(H,13,14)(H,10,11,12). The molecule has 1 amide bonds. The number of carboxylic acid groups (broad SMARTS) is 1. The fourth-order valence-corrected chi connectivity index (χ4v) is 2.01. The van der Waals surface area contributed by atoms with Crippen LogP contribution in [-0.2, 0) is 4.79 Å². The van der Waals surface area contributed by atoms with Crippen LogP contribution in [0.4, 0.5) is 5.13 Å². The van der Waals surface area contributed by atoms with Crippen LogP contribution in [0.3, 0.4) is 0 Å². The lowest BCUT2D eigenvalue weighted by molar-refractivity contribution is -0.117. The van der Waals surface area contributed by atoms with Gasteiger partial charge in [-0.25, -0.2) is 9.78 Å². The molecule has 0 saturated heterocycles. The van der Waals surface area contributed by atoms with Gasteiger partial charge in [-0.05, 0) is 19.8 Å². The van der Waals surface area contributed by atoms with Gasteiger partial charge in [-0.15, -0.1) is 11.3 Å². The fourth-order valence-electron chi connectivity index (χ4n) is 1.20. The van der Waals surface area contributed by atoms with Gasteiger partial charge in [-0.3, -0.25) is 4.79 Å². The van der Waals surface area contributed by atoms with Gasteiger partial charge in [0.05, 0.1) is 0 Å². The Morgan fingerprint density at radius 2 is 2.20 bits per heavy atom. The summed E-state index contributed by atoms with van der Waals surface area (Å²) >= 11 is 1.19. The van der Waals surface area contributed by atoms with E-state index in [0.717, 1.165) is 12.8 Å². The van der Waals surface area contributed by atoms with Gasteiger partial charge in [-0.2, -0.15) is 0 Å². The Kier molecular flexibility index (Phi) is 2.44. The minimum Gasteiger partial charge on any atom is -0.476 e. The number of aromatic nitrogens is 1. The first kappa shape index (κ1) is 10.1. The number of nitrogens with one attached hydrogen (secondary N) is 1. The lowest BCUT2D eigenvalue weighted by atomic mass is 10.4. The zero-order valence-electron chi connectivity index (χ0n) is 8.11. The van der Waals surface area contributed by atoms with Gasteiger partial charge in [0.1, 0.15) is 0 Å². The van der Waals surface area contributed by atoms with E-state index < -0.39 is 5.97 Å². The zero-order chi connectivity index (χ0) is 11.0. The van der Waals surface area contributed by atoms with Crippen LogP contribution in [0.1, 0.15) is 28.2 Å². The van der Waals surface area contributed by atoms with E-state index in [1.807, 2.05) is 0 Å². The summed E-state index contributed by atoms with van der Waals surface area (Å²) in [5, 5.41) is 11.8. The molecule has 6 heteroatoms. The molecule has 80 valence electrons. The first-order valence-electron chi connectivity index (χ1n) is 4.59. The third-order valence-corrected chi connectivity index (χ3v) is 3.06. The lowest BCUT2D eigenvalue weighted by Crippen LogP contribution is -2.13. The molecular formula is C9H10N2O3S. The van der Waals surface area contributed by atoms with Crippen LogP contribution in [0.5, 0.6) is 0 Å².